The van der Waals surface area contributed by atoms with Crippen molar-refractivity contribution in [3.8, 4) is 5.75 Å². The van der Waals surface area contributed by atoms with E-state index in [9.17, 15) is 4.79 Å². The molecule has 3 heterocycles. The number of thiocarbonyl (C=S) groups is 1. The summed E-state index contributed by atoms with van der Waals surface area (Å²) in [6.45, 7) is 5.16. The van der Waals surface area contributed by atoms with Crippen LogP contribution in [0.5, 0.6) is 5.75 Å². The summed E-state index contributed by atoms with van der Waals surface area (Å²) in [5, 5.41) is 4.08. The summed E-state index contributed by atoms with van der Waals surface area (Å²) in [5.74, 6) is 1.68. The number of nitrogens with zero attached hydrogens (tertiary/aromatic N) is 2. The highest BCUT2D eigenvalue weighted by Crippen LogP contribution is 2.35. The predicted octanol–water partition coefficient (Wildman–Crippen LogP) is 3.06. The van der Waals surface area contributed by atoms with Gasteiger partial charge in [-0.3, -0.25) is 4.79 Å². The van der Waals surface area contributed by atoms with Gasteiger partial charge in [0.25, 0.3) is 5.56 Å². The average molecular weight is 369 g/mol. The van der Waals surface area contributed by atoms with Crippen molar-refractivity contribution in [1.82, 2.24) is 9.47 Å². The SMILES string of the molecule is CCOc1ccc(NC(=S)N2C[C@H]3C[C@@H](C2)c2cccc(=O)n2C3)cc1. The Balaban J connectivity index is 1.46. The van der Waals surface area contributed by atoms with E-state index in [-0.39, 0.29) is 5.56 Å². The van der Waals surface area contributed by atoms with Gasteiger partial charge in [-0.2, -0.15) is 0 Å². The maximum Gasteiger partial charge on any atom is 0.250 e. The lowest BCUT2D eigenvalue weighted by atomic mass is 9.83. The van der Waals surface area contributed by atoms with E-state index in [0.717, 1.165) is 48.3 Å². The van der Waals surface area contributed by atoms with Gasteiger partial charge in [-0.25, -0.2) is 0 Å². The zero-order valence-corrected chi connectivity index (χ0v) is 15.7. The van der Waals surface area contributed by atoms with Gasteiger partial charge in [-0.15, -0.1) is 0 Å². The monoisotopic (exact) mass is 369 g/mol. The highest BCUT2D eigenvalue weighted by atomic mass is 32.1. The molecule has 5 nitrogen and oxygen atoms in total. The van der Waals surface area contributed by atoms with Crippen molar-refractivity contribution in [2.24, 2.45) is 5.92 Å². The van der Waals surface area contributed by atoms with Gasteiger partial charge >= 0.3 is 0 Å². The summed E-state index contributed by atoms with van der Waals surface area (Å²) in [6.07, 6.45) is 1.13. The summed E-state index contributed by atoms with van der Waals surface area (Å²) in [4.78, 5) is 14.4. The number of pyridine rings is 1. The Bertz CT molecular complexity index is 862. The lowest BCUT2D eigenvalue weighted by Gasteiger charge is -2.43. The standard InChI is InChI=1S/C20H23N3O2S/c1-2-25-17-8-6-16(7-9-17)21-20(26)22-11-14-10-15(13-22)18-4-3-5-19(24)23(18)12-14/h3-9,14-15H,2,10-13H2,1H3,(H,21,26)/t14-,15+/m1/s1. The molecule has 0 aliphatic carbocycles. The molecule has 0 amide bonds. The predicted molar refractivity (Wildman–Crippen MR) is 107 cm³/mol. The molecule has 2 aliphatic heterocycles. The summed E-state index contributed by atoms with van der Waals surface area (Å²) >= 11 is 5.66. The molecule has 26 heavy (non-hydrogen) atoms. The second kappa shape index (κ2) is 7.11. The Morgan fingerprint density at radius 2 is 2.00 bits per heavy atom. The van der Waals surface area contributed by atoms with E-state index in [2.05, 4.69) is 16.3 Å². The van der Waals surface area contributed by atoms with E-state index in [1.165, 1.54) is 0 Å². The van der Waals surface area contributed by atoms with Crippen LogP contribution in [0.2, 0.25) is 0 Å². The average Bonchev–Trinajstić information content (AvgIpc) is 2.64. The van der Waals surface area contributed by atoms with Crippen molar-refractivity contribution in [3.63, 3.8) is 0 Å². The van der Waals surface area contributed by atoms with Crippen LogP contribution in [0.3, 0.4) is 0 Å². The van der Waals surface area contributed by atoms with Crippen LogP contribution in [0, 0.1) is 5.92 Å². The molecule has 1 fully saturated rings. The Morgan fingerprint density at radius 1 is 1.19 bits per heavy atom. The van der Waals surface area contributed by atoms with Crippen LogP contribution in [0.15, 0.2) is 47.3 Å². The van der Waals surface area contributed by atoms with E-state index >= 15 is 0 Å². The van der Waals surface area contributed by atoms with Crippen molar-refractivity contribution in [2.45, 2.75) is 25.8 Å². The van der Waals surface area contributed by atoms with E-state index in [1.54, 1.807) is 6.07 Å². The Hall–Kier alpha value is -2.34. The van der Waals surface area contributed by atoms with Gasteiger partial charge in [0.15, 0.2) is 5.11 Å². The summed E-state index contributed by atoms with van der Waals surface area (Å²) in [6, 6.07) is 13.5. The fourth-order valence-corrected chi connectivity index (χ4v) is 4.33. The van der Waals surface area contributed by atoms with Crippen LogP contribution in [0.1, 0.15) is 25.0 Å². The number of benzene rings is 1. The van der Waals surface area contributed by atoms with Crippen LogP contribution < -0.4 is 15.6 Å². The molecule has 0 radical (unpaired) electrons. The summed E-state index contributed by atoms with van der Waals surface area (Å²) in [5.41, 5.74) is 2.22. The normalized spacial score (nSPS) is 21.0. The van der Waals surface area contributed by atoms with E-state index in [0.29, 0.717) is 18.4 Å². The first-order valence-corrected chi connectivity index (χ1v) is 9.53. The first kappa shape index (κ1) is 17.1. The van der Waals surface area contributed by atoms with E-state index in [4.69, 9.17) is 17.0 Å². The quantitative estimate of drug-likeness (QED) is 0.843. The van der Waals surface area contributed by atoms with Crippen LogP contribution in [-0.2, 0) is 6.54 Å². The molecular weight excluding hydrogens is 346 g/mol. The van der Waals surface area contributed by atoms with Gasteiger partial charge in [-0.05, 0) is 61.8 Å². The Labute approximate surface area is 158 Å². The second-order valence-electron chi connectivity index (χ2n) is 6.99. The highest BCUT2D eigenvalue weighted by Gasteiger charge is 2.35. The molecule has 2 bridgehead atoms. The van der Waals surface area contributed by atoms with Crippen molar-refractivity contribution in [3.05, 3.63) is 58.5 Å². The number of ether oxygens (including phenoxy) is 1. The summed E-state index contributed by atoms with van der Waals surface area (Å²) in [7, 11) is 0. The van der Waals surface area contributed by atoms with Crippen LogP contribution in [0.4, 0.5) is 5.69 Å². The fourth-order valence-electron chi connectivity index (χ4n) is 4.07. The van der Waals surface area contributed by atoms with Crippen LogP contribution >= 0.6 is 12.2 Å². The Kier molecular flexibility index (Phi) is 4.68. The second-order valence-corrected chi connectivity index (χ2v) is 7.38. The van der Waals surface area contributed by atoms with Gasteiger partial charge < -0.3 is 19.5 Å². The minimum atomic E-state index is 0.112. The van der Waals surface area contributed by atoms with Gasteiger partial charge in [-0.1, -0.05) is 6.07 Å². The maximum atomic E-state index is 12.1. The molecule has 0 spiro atoms. The number of likely N-dealkylation sites (tertiary alicyclic amines) is 1. The van der Waals surface area contributed by atoms with Crippen LogP contribution in [-0.4, -0.2) is 34.3 Å². The number of rotatable bonds is 3. The molecule has 0 saturated carbocycles. The lowest BCUT2D eigenvalue weighted by molar-refractivity contribution is 0.180. The van der Waals surface area contributed by atoms with Gasteiger partial charge in [0.2, 0.25) is 0 Å². The number of hydrogen-bond acceptors (Lipinski definition) is 3. The third-order valence-electron chi connectivity index (χ3n) is 5.18. The zero-order chi connectivity index (χ0) is 18.1. The minimum Gasteiger partial charge on any atom is -0.494 e. The third kappa shape index (κ3) is 3.33. The van der Waals surface area contributed by atoms with Crippen molar-refractivity contribution < 1.29 is 4.74 Å². The molecular formula is C20H23N3O2S. The number of hydrogen-bond donors (Lipinski definition) is 1. The largest absolute Gasteiger partial charge is 0.494 e. The first-order chi connectivity index (χ1) is 12.6. The Morgan fingerprint density at radius 3 is 2.77 bits per heavy atom. The first-order valence-electron chi connectivity index (χ1n) is 9.12. The number of piperidine rings is 1. The molecule has 1 saturated heterocycles. The molecule has 1 aromatic carbocycles. The third-order valence-corrected chi connectivity index (χ3v) is 5.54. The molecule has 1 N–H and O–H groups in total. The molecule has 136 valence electrons. The molecule has 1 aromatic heterocycles. The van der Waals surface area contributed by atoms with Gasteiger partial charge in [0, 0.05) is 43.0 Å². The molecule has 0 unspecified atom stereocenters. The van der Waals surface area contributed by atoms with E-state index in [1.807, 2.05) is 41.8 Å². The molecule has 2 aliphatic rings. The lowest BCUT2D eigenvalue weighted by Crippen LogP contribution is -2.50. The number of nitrogens with one attached hydrogen (secondary N) is 1. The van der Waals surface area contributed by atoms with Crippen molar-refractivity contribution in [1.29, 1.82) is 0 Å². The van der Waals surface area contributed by atoms with Gasteiger partial charge in [0.05, 0.1) is 6.61 Å². The minimum absolute atomic E-state index is 0.112. The smallest absolute Gasteiger partial charge is 0.250 e. The van der Waals surface area contributed by atoms with Crippen molar-refractivity contribution in [2.75, 3.05) is 25.0 Å². The fraction of sp³-hybridized carbons (Fsp3) is 0.400. The summed E-state index contributed by atoms with van der Waals surface area (Å²) < 4.78 is 7.42. The molecule has 6 heteroatoms. The van der Waals surface area contributed by atoms with Crippen molar-refractivity contribution >= 4 is 23.0 Å². The maximum absolute atomic E-state index is 12.1. The number of aromatic nitrogens is 1. The topological polar surface area (TPSA) is 46.5 Å². The van der Waals surface area contributed by atoms with Gasteiger partial charge in [0.1, 0.15) is 5.75 Å². The van der Waals surface area contributed by atoms with Crippen LogP contribution in [0.25, 0.3) is 0 Å². The van der Waals surface area contributed by atoms with E-state index < -0.39 is 0 Å². The number of anilines is 1. The molecule has 2 aromatic rings. The molecule has 4 rings (SSSR count). The molecule has 2 atom stereocenters. The highest BCUT2D eigenvalue weighted by molar-refractivity contribution is 7.80. The number of fused-ring (bicyclic) bond motifs is 4. The zero-order valence-electron chi connectivity index (χ0n) is 14.9.